The van der Waals surface area contributed by atoms with Crippen LogP contribution in [0, 0.1) is 5.82 Å². The summed E-state index contributed by atoms with van der Waals surface area (Å²) in [6, 6.07) is 11.9. The maximum absolute atomic E-state index is 13.1. The number of rotatable bonds is 8. The van der Waals surface area contributed by atoms with Crippen molar-refractivity contribution < 1.29 is 4.39 Å². The van der Waals surface area contributed by atoms with Gasteiger partial charge in [0.1, 0.15) is 5.82 Å². The van der Waals surface area contributed by atoms with Gasteiger partial charge in [-0.15, -0.1) is 11.3 Å². The van der Waals surface area contributed by atoms with E-state index < -0.39 is 0 Å². The largest absolute Gasteiger partial charge is 0.302 e. The molecule has 0 bridgehead atoms. The molecule has 2 unspecified atom stereocenters. The van der Waals surface area contributed by atoms with E-state index in [2.05, 4.69) is 36.7 Å². The average Bonchev–Trinajstić information content (AvgIpc) is 3.03. The van der Waals surface area contributed by atoms with Gasteiger partial charge in [-0.3, -0.25) is 0 Å². The van der Waals surface area contributed by atoms with Crippen LogP contribution in [0.5, 0.6) is 0 Å². The van der Waals surface area contributed by atoms with E-state index in [0.717, 1.165) is 12.8 Å². The fourth-order valence-electron chi connectivity index (χ4n) is 2.58. The van der Waals surface area contributed by atoms with Gasteiger partial charge >= 0.3 is 0 Å². The fraction of sp³-hybridized carbons (Fsp3) is 0.444. The predicted octanol–water partition coefficient (Wildman–Crippen LogP) is 5.86. The zero-order valence-electron chi connectivity index (χ0n) is 12.8. The second-order valence-electron chi connectivity index (χ2n) is 5.39. The summed E-state index contributed by atoms with van der Waals surface area (Å²) in [5.41, 5.74) is 1.18. The maximum atomic E-state index is 13.1. The smallest absolute Gasteiger partial charge is 0.123 e. The molecule has 2 rings (SSSR count). The molecule has 0 amide bonds. The van der Waals surface area contributed by atoms with Crippen molar-refractivity contribution in [2.45, 2.75) is 51.6 Å². The first kappa shape index (κ1) is 16.2. The highest BCUT2D eigenvalue weighted by Gasteiger charge is 2.17. The summed E-state index contributed by atoms with van der Waals surface area (Å²) >= 11 is 1.80. The number of unbranched alkanes of at least 4 members (excludes halogenated alkanes) is 1. The van der Waals surface area contributed by atoms with Crippen molar-refractivity contribution >= 4 is 11.3 Å². The Balaban J connectivity index is 2.13. The number of thiophene rings is 1. The van der Waals surface area contributed by atoms with Gasteiger partial charge in [0.15, 0.2) is 0 Å². The van der Waals surface area contributed by atoms with E-state index >= 15 is 0 Å². The first-order valence-electron chi connectivity index (χ1n) is 7.79. The molecule has 1 aromatic heterocycles. The Hall–Kier alpha value is -1.19. The number of hydrogen-bond donors (Lipinski definition) is 1. The van der Waals surface area contributed by atoms with Gasteiger partial charge in [-0.05, 0) is 42.0 Å². The number of nitrogens with one attached hydrogen (secondary N) is 1. The van der Waals surface area contributed by atoms with Gasteiger partial charge in [-0.2, -0.15) is 0 Å². The van der Waals surface area contributed by atoms with Crippen LogP contribution >= 0.6 is 11.3 Å². The van der Waals surface area contributed by atoms with Crippen molar-refractivity contribution in [2.75, 3.05) is 0 Å². The minimum Gasteiger partial charge on any atom is -0.302 e. The van der Waals surface area contributed by atoms with Crippen molar-refractivity contribution in [3.63, 3.8) is 0 Å². The van der Waals surface area contributed by atoms with Crippen LogP contribution in [0.4, 0.5) is 4.39 Å². The van der Waals surface area contributed by atoms with Gasteiger partial charge in [0.2, 0.25) is 0 Å². The molecule has 2 aromatic rings. The van der Waals surface area contributed by atoms with Crippen LogP contribution in [-0.4, -0.2) is 0 Å². The molecular weight excluding hydrogens is 281 g/mol. The lowest BCUT2D eigenvalue weighted by atomic mass is 9.99. The molecule has 1 aromatic carbocycles. The molecule has 21 heavy (non-hydrogen) atoms. The zero-order valence-corrected chi connectivity index (χ0v) is 13.6. The first-order valence-corrected chi connectivity index (χ1v) is 8.67. The number of halogens is 1. The van der Waals surface area contributed by atoms with E-state index in [-0.39, 0.29) is 11.9 Å². The topological polar surface area (TPSA) is 12.0 Å². The van der Waals surface area contributed by atoms with E-state index in [1.54, 1.807) is 23.5 Å². The van der Waals surface area contributed by atoms with Gasteiger partial charge in [0.05, 0.1) is 0 Å². The van der Waals surface area contributed by atoms with Gasteiger partial charge in [-0.25, -0.2) is 4.39 Å². The molecule has 1 nitrogen and oxygen atoms in total. The Bertz CT molecular complexity index is 507. The molecule has 0 radical (unpaired) electrons. The first-order chi connectivity index (χ1) is 10.2. The van der Waals surface area contributed by atoms with Crippen molar-refractivity contribution in [2.24, 2.45) is 0 Å². The quantitative estimate of drug-likeness (QED) is 0.644. The standard InChI is InChI=1S/C18H24FNS/c1-3-5-7-17(14-9-11-15(19)12-10-14)20-16(4-2)18-8-6-13-21-18/h6,8-13,16-17,20H,3-5,7H2,1-2H3. The minimum atomic E-state index is -0.168. The highest BCUT2D eigenvalue weighted by Crippen LogP contribution is 2.28. The highest BCUT2D eigenvalue weighted by molar-refractivity contribution is 7.10. The second kappa shape index (κ2) is 8.30. The third-order valence-corrected chi connectivity index (χ3v) is 4.80. The third-order valence-electron chi connectivity index (χ3n) is 3.82. The molecule has 1 N–H and O–H groups in total. The van der Waals surface area contributed by atoms with Crippen LogP contribution in [0.1, 0.15) is 62.1 Å². The lowest BCUT2D eigenvalue weighted by molar-refractivity contribution is 0.410. The summed E-state index contributed by atoms with van der Waals surface area (Å²) in [6.07, 6.45) is 4.50. The molecule has 0 saturated heterocycles. The molecule has 0 spiro atoms. The van der Waals surface area contributed by atoms with Gasteiger partial charge in [-0.1, -0.05) is 44.9 Å². The lowest BCUT2D eigenvalue weighted by Gasteiger charge is -2.25. The highest BCUT2D eigenvalue weighted by atomic mass is 32.1. The molecule has 0 aliphatic rings. The van der Waals surface area contributed by atoms with E-state index in [4.69, 9.17) is 0 Å². The second-order valence-corrected chi connectivity index (χ2v) is 6.37. The molecule has 0 aliphatic carbocycles. The third kappa shape index (κ3) is 4.65. The van der Waals surface area contributed by atoms with Crippen LogP contribution in [0.2, 0.25) is 0 Å². The van der Waals surface area contributed by atoms with Crippen LogP contribution < -0.4 is 5.32 Å². The molecule has 2 atom stereocenters. The van der Waals surface area contributed by atoms with E-state index in [1.807, 2.05) is 12.1 Å². The Kier molecular flexibility index (Phi) is 6.40. The van der Waals surface area contributed by atoms with Crippen molar-refractivity contribution in [3.05, 3.63) is 58.0 Å². The monoisotopic (exact) mass is 305 g/mol. The van der Waals surface area contributed by atoms with Gasteiger partial charge < -0.3 is 5.32 Å². The minimum absolute atomic E-state index is 0.168. The van der Waals surface area contributed by atoms with Crippen LogP contribution in [0.3, 0.4) is 0 Å². The van der Waals surface area contributed by atoms with Crippen LogP contribution in [0.15, 0.2) is 41.8 Å². The van der Waals surface area contributed by atoms with Gasteiger partial charge in [0.25, 0.3) is 0 Å². The normalized spacial score (nSPS) is 14.0. The van der Waals surface area contributed by atoms with E-state index in [1.165, 1.54) is 23.3 Å². The summed E-state index contributed by atoms with van der Waals surface area (Å²) in [5.74, 6) is -0.168. The molecule has 0 fully saturated rings. The molecule has 1 heterocycles. The SMILES string of the molecule is CCCCC(NC(CC)c1cccs1)c1ccc(F)cc1. The van der Waals surface area contributed by atoms with E-state index in [9.17, 15) is 4.39 Å². The molecule has 3 heteroatoms. The number of hydrogen-bond acceptors (Lipinski definition) is 2. The van der Waals surface area contributed by atoms with Crippen LogP contribution in [-0.2, 0) is 0 Å². The van der Waals surface area contributed by atoms with Crippen molar-refractivity contribution in [3.8, 4) is 0 Å². The number of benzene rings is 1. The Morgan fingerprint density at radius 3 is 2.43 bits per heavy atom. The average molecular weight is 305 g/mol. The Labute approximate surface area is 131 Å². The maximum Gasteiger partial charge on any atom is 0.123 e. The fourth-order valence-corrected chi connectivity index (χ4v) is 3.45. The lowest BCUT2D eigenvalue weighted by Crippen LogP contribution is -2.25. The Morgan fingerprint density at radius 1 is 1.10 bits per heavy atom. The molecule has 0 aliphatic heterocycles. The van der Waals surface area contributed by atoms with E-state index in [0.29, 0.717) is 6.04 Å². The molecule has 0 saturated carbocycles. The summed E-state index contributed by atoms with van der Waals surface area (Å²) in [5, 5.41) is 5.89. The van der Waals surface area contributed by atoms with Gasteiger partial charge in [0, 0.05) is 17.0 Å². The summed E-state index contributed by atoms with van der Waals surface area (Å²) in [4.78, 5) is 1.38. The summed E-state index contributed by atoms with van der Waals surface area (Å²) in [6.45, 7) is 4.41. The van der Waals surface area contributed by atoms with Crippen molar-refractivity contribution in [1.29, 1.82) is 0 Å². The van der Waals surface area contributed by atoms with Crippen LogP contribution in [0.25, 0.3) is 0 Å². The molecule has 114 valence electrons. The predicted molar refractivity (Wildman–Crippen MR) is 89.2 cm³/mol. The van der Waals surface area contributed by atoms with Crippen molar-refractivity contribution in [1.82, 2.24) is 5.32 Å². The zero-order chi connectivity index (χ0) is 15.1. The summed E-state index contributed by atoms with van der Waals surface area (Å²) < 4.78 is 13.1. The molecular formula is C18H24FNS. The summed E-state index contributed by atoms with van der Waals surface area (Å²) in [7, 11) is 0. The Morgan fingerprint density at radius 2 is 1.86 bits per heavy atom.